The molecule has 5 rings (SSSR count). The predicted molar refractivity (Wildman–Crippen MR) is 131 cm³/mol. The van der Waals surface area contributed by atoms with Gasteiger partial charge in [0.1, 0.15) is 16.2 Å². The smallest absolute Gasteiger partial charge is 0.268 e. The summed E-state index contributed by atoms with van der Waals surface area (Å²) in [6.07, 6.45) is 0. The number of amides is 1. The molecule has 34 heavy (non-hydrogen) atoms. The Balaban J connectivity index is 1.67. The number of sulfonamides is 1. The standard InChI is InChI=1S/C26H22N2O5S/c1-14-12-18(16(3)27-20-10-7-11-21-22(20)26(30)28-34(21,31)32)25-19(13-14)23(29)15(2)24(33-25)17-8-5-4-6-9-17/h4-13,16,27H,1-3H3,(H,28,30)/t16-/m1/s1. The van der Waals surface area contributed by atoms with Crippen LogP contribution in [0.5, 0.6) is 0 Å². The number of aryl methyl sites for hydroxylation is 1. The fourth-order valence-corrected chi connectivity index (χ4v) is 5.59. The summed E-state index contributed by atoms with van der Waals surface area (Å²) in [5, 5.41) is 3.72. The molecule has 2 heterocycles. The van der Waals surface area contributed by atoms with E-state index in [0.29, 0.717) is 28.0 Å². The molecule has 0 unspecified atom stereocenters. The van der Waals surface area contributed by atoms with Crippen LogP contribution in [-0.2, 0) is 10.0 Å². The molecule has 1 aliphatic heterocycles. The second kappa shape index (κ2) is 7.85. The Morgan fingerprint density at radius 1 is 0.971 bits per heavy atom. The highest BCUT2D eigenvalue weighted by molar-refractivity contribution is 7.90. The van der Waals surface area contributed by atoms with Gasteiger partial charge in [0.05, 0.1) is 17.0 Å². The van der Waals surface area contributed by atoms with Gasteiger partial charge in [-0.3, -0.25) is 9.59 Å². The van der Waals surface area contributed by atoms with E-state index in [1.807, 2.05) is 55.0 Å². The maximum atomic E-state index is 13.3. The van der Waals surface area contributed by atoms with E-state index in [9.17, 15) is 18.0 Å². The van der Waals surface area contributed by atoms with E-state index in [-0.39, 0.29) is 15.9 Å². The number of fused-ring (bicyclic) bond motifs is 2. The van der Waals surface area contributed by atoms with Crippen LogP contribution in [0.2, 0.25) is 0 Å². The molecule has 0 spiro atoms. The summed E-state index contributed by atoms with van der Waals surface area (Å²) >= 11 is 0. The van der Waals surface area contributed by atoms with Crippen molar-refractivity contribution in [3.63, 3.8) is 0 Å². The van der Waals surface area contributed by atoms with Gasteiger partial charge in [0, 0.05) is 22.4 Å². The molecule has 1 amide bonds. The molecular weight excluding hydrogens is 452 g/mol. The van der Waals surface area contributed by atoms with E-state index < -0.39 is 22.0 Å². The van der Waals surface area contributed by atoms with Gasteiger partial charge in [0.15, 0.2) is 5.43 Å². The molecule has 0 saturated heterocycles. The summed E-state index contributed by atoms with van der Waals surface area (Å²) in [5.41, 5.74) is 3.74. The van der Waals surface area contributed by atoms with Crippen LogP contribution >= 0.6 is 0 Å². The van der Waals surface area contributed by atoms with Crippen LogP contribution in [0.4, 0.5) is 5.69 Å². The largest absolute Gasteiger partial charge is 0.455 e. The van der Waals surface area contributed by atoms with Crippen LogP contribution < -0.4 is 15.5 Å². The van der Waals surface area contributed by atoms with Crippen LogP contribution in [0.1, 0.15) is 40.0 Å². The molecule has 1 aromatic heterocycles. The van der Waals surface area contributed by atoms with Crippen molar-refractivity contribution in [2.24, 2.45) is 0 Å². The SMILES string of the molecule is Cc1cc([C@@H](C)Nc2cccc3c2C(=O)NS3(=O)=O)c2oc(-c3ccccc3)c(C)c(=O)c2c1. The summed E-state index contributed by atoms with van der Waals surface area (Å²) in [7, 11) is -3.87. The summed E-state index contributed by atoms with van der Waals surface area (Å²) in [6, 6.07) is 17.4. The topological polar surface area (TPSA) is 105 Å². The number of benzene rings is 3. The van der Waals surface area contributed by atoms with E-state index >= 15 is 0 Å². The van der Waals surface area contributed by atoms with Crippen LogP contribution in [0.3, 0.4) is 0 Å². The first-order chi connectivity index (χ1) is 16.2. The Morgan fingerprint density at radius 2 is 1.71 bits per heavy atom. The Hall–Kier alpha value is -3.91. The van der Waals surface area contributed by atoms with Gasteiger partial charge >= 0.3 is 0 Å². The third-order valence-electron chi connectivity index (χ3n) is 6.04. The van der Waals surface area contributed by atoms with Crippen LogP contribution in [0.25, 0.3) is 22.3 Å². The monoisotopic (exact) mass is 474 g/mol. The molecule has 3 aromatic carbocycles. The van der Waals surface area contributed by atoms with Gasteiger partial charge in [-0.1, -0.05) is 42.5 Å². The number of carbonyl (C=O) groups is 1. The van der Waals surface area contributed by atoms with Crippen molar-refractivity contribution in [3.8, 4) is 11.3 Å². The number of hydrogen-bond donors (Lipinski definition) is 2. The van der Waals surface area contributed by atoms with Gasteiger partial charge in [0.2, 0.25) is 0 Å². The van der Waals surface area contributed by atoms with Gasteiger partial charge in [-0.2, -0.15) is 0 Å². The van der Waals surface area contributed by atoms with Gasteiger partial charge in [-0.05, 0) is 44.5 Å². The highest BCUT2D eigenvalue weighted by atomic mass is 32.2. The van der Waals surface area contributed by atoms with E-state index in [2.05, 4.69) is 5.32 Å². The minimum absolute atomic E-state index is 0.0580. The van der Waals surface area contributed by atoms with Crippen LogP contribution in [0, 0.1) is 13.8 Å². The van der Waals surface area contributed by atoms with Crippen molar-refractivity contribution >= 4 is 32.6 Å². The van der Waals surface area contributed by atoms with E-state index in [0.717, 1.165) is 16.7 Å². The van der Waals surface area contributed by atoms with Gasteiger partial charge in [-0.25, -0.2) is 13.1 Å². The van der Waals surface area contributed by atoms with Crippen molar-refractivity contribution in [2.75, 3.05) is 5.32 Å². The molecule has 0 saturated carbocycles. The normalized spacial score (nSPS) is 15.1. The van der Waals surface area contributed by atoms with Crippen LogP contribution in [0.15, 0.2) is 74.8 Å². The van der Waals surface area contributed by atoms with E-state index in [1.54, 1.807) is 25.1 Å². The molecule has 0 fully saturated rings. The Bertz CT molecular complexity index is 1640. The third-order valence-corrected chi connectivity index (χ3v) is 7.41. The molecule has 4 aromatic rings. The molecule has 172 valence electrons. The number of rotatable bonds is 4. The fraction of sp³-hybridized carbons (Fsp3) is 0.154. The molecule has 7 nitrogen and oxygen atoms in total. The first-order valence-electron chi connectivity index (χ1n) is 10.8. The Labute approximate surface area is 196 Å². The molecule has 0 bridgehead atoms. The number of carbonyl (C=O) groups excluding carboxylic acids is 1. The summed E-state index contributed by atoms with van der Waals surface area (Å²) in [6.45, 7) is 5.52. The summed E-state index contributed by atoms with van der Waals surface area (Å²) < 4.78 is 32.8. The number of nitrogens with one attached hydrogen (secondary N) is 2. The lowest BCUT2D eigenvalue weighted by atomic mass is 9.98. The second-order valence-corrected chi connectivity index (χ2v) is 10.1. The number of hydrogen-bond acceptors (Lipinski definition) is 6. The lowest BCUT2D eigenvalue weighted by Gasteiger charge is -2.20. The van der Waals surface area contributed by atoms with E-state index in [1.165, 1.54) is 6.07 Å². The lowest BCUT2D eigenvalue weighted by molar-refractivity contribution is 0.0986. The molecule has 1 atom stereocenters. The molecule has 2 N–H and O–H groups in total. The molecule has 8 heteroatoms. The molecule has 0 aliphatic carbocycles. The first-order valence-corrected chi connectivity index (χ1v) is 12.3. The zero-order valence-corrected chi connectivity index (χ0v) is 19.6. The predicted octanol–water partition coefficient (Wildman–Crippen LogP) is 4.68. The zero-order chi connectivity index (χ0) is 24.2. The van der Waals surface area contributed by atoms with Crippen molar-refractivity contribution in [1.82, 2.24) is 4.72 Å². The summed E-state index contributed by atoms with van der Waals surface area (Å²) in [4.78, 5) is 25.6. The van der Waals surface area contributed by atoms with Crippen molar-refractivity contribution in [2.45, 2.75) is 31.7 Å². The average molecular weight is 475 g/mol. The minimum Gasteiger partial charge on any atom is -0.455 e. The van der Waals surface area contributed by atoms with Gasteiger partial charge in [0.25, 0.3) is 15.9 Å². The second-order valence-electron chi connectivity index (χ2n) is 8.46. The Morgan fingerprint density at radius 3 is 2.44 bits per heavy atom. The minimum atomic E-state index is -3.87. The maximum Gasteiger partial charge on any atom is 0.268 e. The van der Waals surface area contributed by atoms with Gasteiger partial charge < -0.3 is 9.73 Å². The number of anilines is 1. The van der Waals surface area contributed by atoms with Crippen LogP contribution in [-0.4, -0.2) is 14.3 Å². The lowest BCUT2D eigenvalue weighted by Crippen LogP contribution is -2.21. The molecule has 1 aliphatic rings. The molecular formula is C26H22N2O5S. The maximum absolute atomic E-state index is 13.3. The van der Waals surface area contributed by atoms with Crippen molar-refractivity contribution in [1.29, 1.82) is 0 Å². The fourth-order valence-electron chi connectivity index (χ4n) is 4.40. The average Bonchev–Trinajstić information content (AvgIpc) is 3.05. The third kappa shape index (κ3) is 3.47. The van der Waals surface area contributed by atoms with Crippen molar-refractivity contribution < 1.29 is 17.6 Å². The zero-order valence-electron chi connectivity index (χ0n) is 18.8. The highest BCUT2D eigenvalue weighted by Crippen LogP contribution is 2.34. The highest BCUT2D eigenvalue weighted by Gasteiger charge is 2.35. The van der Waals surface area contributed by atoms with Crippen molar-refractivity contribution in [3.05, 3.63) is 93.1 Å². The Kier molecular flexibility index (Phi) is 5.06. The van der Waals surface area contributed by atoms with Gasteiger partial charge in [-0.15, -0.1) is 0 Å². The quantitative estimate of drug-likeness (QED) is 0.445. The molecule has 0 radical (unpaired) electrons. The first kappa shape index (κ1) is 21.9. The van der Waals surface area contributed by atoms with E-state index in [4.69, 9.17) is 4.42 Å². The summed E-state index contributed by atoms with van der Waals surface area (Å²) in [5.74, 6) is -0.172.